The number of halogens is 3. The lowest BCUT2D eigenvalue weighted by Gasteiger charge is -2.35. The van der Waals surface area contributed by atoms with Crippen LogP contribution in [0.2, 0.25) is 0 Å². The van der Waals surface area contributed by atoms with Gasteiger partial charge in [0.15, 0.2) is 0 Å². The van der Waals surface area contributed by atoms with Gasteiger partial charge >= 0.3 is 6.18 Å². The maximum Gasteiger partial charge on any atom is 0.416 e. The molecule has 1 heterocycles. The Kier molecular flexibility index (Phi) is 7.61. The first-order chi connectivity index (χ1) is 12.8. The average Bonchev–Trinajstić information content (AvgIpc) is 2.61. The van der Waals surface area contributed by atoms with Crippen molar-refractivity contribution in [1.29, 1.82) is 0 Å². The predicted octanol–water partition coefficient (Wildman–Crippen LogP) is 1.55. The van der Waals surface area contributed by atoms with E-state index in [4.69, 9.17) is 4.74 Å². The second kappa shape index (κ2) is 9.70. The highest BCUT2D eigenvalue weighted by atomic mass is 19.4. The molecule has 1 unspecified atom stereocenters. The molecule has 2 rings (SSSR count). The average molecular weight is 387 g/mol. The van der Waals surface area contributed by atoms with E-state index in [-0.39, 0.29) is 30.3 Å². The summed E-state index contributed by atoms with van der Waals surface area (Å²) in [5.41, 5.74) is -0.635. The summed E-state index contributed by atoms with van der Waals surface area (Å²) in [6.07, 6.45) is -3.93. The van der Waals surface area contributed by atoms with Gasteiger partial charge in [-0.3, -0.25) is 14.5 Å². The fraction of sp³-hybridized carbons (Fsp3) is 0.556. The number of carbonyl (C=O) groups excluding carboxylic acids is 2. The molecule has 0 bridgehead atoms. The van der Waals surface area contributed by atoms with Crippen LogP contribution in [0.4, 0.5) is 13.2 Å². The molecule has 1 aliphatic rings. The summed E-state index contributed by atoms with van der Waals surface area (Å²) in [4.78, 5) is 25.9. The molecular weight excluding hydrogens is 363 g/mol. The standard InChI is InChI=1S/C18H24F3N3O3/c1-27-10-4-7-22-16(25)11-15-17(26)23-8-9-24(15)12-13-5-2-3-6-14(13)18(19,20)21/h2-3,5-6,15H,4,7-12H2,1H3,(H,22,25)(H,23,26). The van der Waals surface area contributed by atoms with Crippen LogP contribution in [0.5, 0.6) is 0 Å². The van der Waals surface area contributed by atoms with Crippen LogP contribution in [0.25, 0.3) is 0 Å². The summed E-state index contributed by atoms with van der Waals surface area (Å²) >= 11 is 0. The Morgan fingerprint density at radius 1 is 1.37 bits per heavy atom. The minimum absolute atomic E-state index is 0.0509. The molecule has 1 fully saturated rings. The zero-order chi connectivity index (χ0) is 19.9. The number of ether oxygens (including phenoxy) is 1. The summed E-state index contributed by atoms with van der Waals surface area (Å²) in [5, 5.41) is 5.37. The number of benzene rings is 1. The van der Waals surface area contributed by atoms with Crippen molar-refractivity contribution in [2.75, 3.05) is 33.4 Å². The maximum absolute atomic E-state index is 13.2. The van der Waals surface area contributed by atoms with Gasteiger partial charge in [0.05, 0.1) is 18.0 Å². The summed E-state index contributed by atoms with van der Waals surface area (Å²) in [5.74, 6) is -0.667. The van der Waals surface area contributed by atoms with Gasteiger partial charge in [0, 0.05) is 39.9 Å². The SMILES string of the molecule is COCCCNC(=O)CC1C(=O)NCCN1Cc1ccccc1C(F)(F)F. The van der Waals surface area contributed by atoms with E-state index in [9.17, 15) is 22.8 Å². The molecule has 6 nitrogen and oxygen atoms in total. The topological polar surface area (TPSA) is 70.7 Å². The van der Waals surface area contributed by atoms with Crippen molar-refractivity contribution in [3.05, 3.63) is 35.4 Å². The first-order valence-corrected chi connectivity index (χ1v) is 8.75. The van der Waals surface area contributed by atoms with E-state index < -0.39 is 17.8 Å². The van der Waals surface area contributed by atoms with Gasteiger partial charge in [0.25, 0.3) is 0 Å². The number of amides is 2. The Morgan fingerprint density at radius 2 is 2.11 bits per heavy atom. The van der Waals surface area contributed by atoms with E-state index in [0.29, 0.717) is 32.7 Å². The lowest BCUT2D eigenvalue weighted by molar-refractivity contribution is -0.139. The monoisotopic (exact) mass is 387 g/mol. The smallest absolute Gasteiger partial charge is 0.385 e. The van der Waals surface area contributed by atoms with Crippen molar-refractivity contribution in [3.63, 3.8) is 0 Å². The van der Waals surface area contributed by atoms with Gasteiger partial charge in [0.2, 0.25) is 11.8 Å². The Bertz CT molecular complexity index is 652. The summed E-state index contributed by atoms with van der Waals surface area (Å²) in [7, 11) is 1.56. The summed E-state index contributed by atoms with van der Waals surface area (Å²) < 4.78 is 44.5. The molecular formula is C18H24F3N3O3. The molecule has 0 aliphatic carbocycles. The highest BCUT2D eigenvalue weighted by Crippen LogP contribution is 2.32. The number of hydrogen-bond acceptors (Lipinski definition) is 4. The molecule has 1 aromatic carbocycles. The van der Waals surface area contributed by atoms with Crippen molar-refractivity contribution < 1.29 is 27.5 Å². The Morgan fingerprint density at radius 3 is 2.81 bits per heavy atom. The molecule has 0 spiro atoms. The Labute approximate surface area is 156 Å². The zero-order valence-electron chi connectivity index (χ0n) is 15.1. The number of rotatable bonds is 8. The highest BCUT2D eigenvalue weighted by Gasteiger charge is 2.36. The van der Waals surface area contributed by atoms with Crippen molar-refractivity contribution in [1.82, 2.24) is 15.5 Å². The molecule has 150 valence electrons. The first kappa shape index (κ1) is 21.2. The van der Waals surface area contributed by atoms with E-state index in [1.807, 2.05) is 0 Å². The van der Waals surface area contributed by atoms with Crippen molar-refractivity contribution in [2.24, 2.45) is 0 Å². The molecule has 1 aromatic rings. The van der Waals surface area contributed by atoms with Gasteiger partial charge in [0.1, 0.15) is 0 Å². The number of nitrogens with one attached hydrogen (secondary N) is 2. The van der Waals surface area contributed by atoms with Gasteiger partial charge in [-0.2, -0.15) is 13.2 Å². The van der Waals surface area contributed by atoms with E-state index in [0.717, 1.165) is 6.07 Å². The van der Waals surface area contributed by atoms with E-state index in [2.05, 4.69) is 10.6 Å². The van der Waals surface area contributed by atoms with Crippen LogP contribution in [0.15, 0.2) is 24.3 Å². The fourth-order valence-electron chi connectivity index (χ4n) is 3.02. The fourth-order valence-corrected chi connectivity index (χ4v) is 3.02. The van der Waals surface area contributed by atoms with E-state index in [1.165, 1.54) is 18.2 Å². The third-order valence-corrected chi connectivity index (χ3v) is 4.36. The van der Waals surface area contributed by atoms with E-state index >= 15 is 0 Å². The van der Waals surface area contributed by atoms with Crippen molar-refractivity contribution >= 4 is 11.8 Å². The molecule has 1 aliphatic heterocycles. The van der Waals surface area contributed by atoms with Gasteiger partial charge < -0.3 is 15.4 Å². The van der Waals surface area contributed by atoms with Gasteiger partial charge in [-0.1, -0.05) is 18.2 Å². The van der Waals surface area contributed by atoms with Crippen molar-refractivity contribution in [3.8, 4) is 0 Å². The Balaban J connectivity index is 2.06. The van der Waals surface area contributed by atoms with E-state index in [1.54, 1.807) is 12.0 Å². The zero-order valence-corrected chi connectivity index (χ0v) is 15.1. The molecule has 0 radical (unpaired) electrons. The minimum Gasteiger partial charge on any atom is -0.385 e. The molecule has 0 aromatic heterocycles. The van der Waals surface area contributed by atoms with Crippen LogP contribution in [0.1, 0.15) is 24.0 Å². The number of alkyl halides is 3. The lowest BCUT2D eigenvalue weighted by Crippen LogP contribution is -2.56. The molecule has 2 N–H and O–H groups in total. The molecule has 9 heteroatoms. The van der Waals surface area contributed by atoms with Crippen LogP contribution in [-0.4, -0.2) is 56.1 Å². The Hall–Kier alpha value is -2.13. The van der Waals surface area contributed by atoms with Crippen LogP contribution >= 0.6 is 0 Å². The van der Waals surface area contributed by atoms with Crippen LogP contribution < -0.4 is 10.6 Å². The predicted molar refractivity (Wildman–Crippen MR) is 92.8 cm³/mol. The number of carbonyl (C=O) groups is 2. The largest absolute Gasteiger partial charge is 0.416 e. The van der Waals surface area contributed by atoms with Crippen LogP contribution in [0.3, 0.4) is 0 Å². The second-order valence-corrected chi connectivity index (χ2v) is 6.33. The molecule has 27 heavy (non-hydrogen) atoms. The molecule has 0 saturated carbocycles. The van der Waals surface area contributed by atoms with Crippen LogP contribution in [0, 0.1) is 0 Å². The second-order valence-electron chi connectivity index (χ2n) is 6.33. The minimum atomic E-state index is -4.47. The van der Waals surface area contributed by atoms with Gasteiger partial charge in [-0.15, -0.1) is 0 Å². The third-order valence-electron chi connectivity index (χ3n) is 4.36. The third kappa shape index (κ3) is 6.21. The summed E-state index contributed by atoms with van der Waals surface area (Å²) in [6, 6.07) is 4.49. The summed E-state index contributed by atoms with van der Waals surface area (Å²) in [6.45, 7) is 1.58. The number of nitrogens with zero attached hydrogens (tertiary/aromatic N) is 1. The highest BCUT2D eigenvalue weighted by molar-refractivity contribution is 5.88. The first-order valence-electron chi connectivity index (χ1n) is 8.75. The number of piperazine rings is 1. The van der Waals surface area contributed by atoms with Crippen LogP contribution in [-0.2, 0) is 27.0 Å². The normalized spacial score (nSPS) is 18.2. The van der Waals surface area contributed by atoms with Crippen molar-refractivity contribution in [2.45, 2.75) is 31.6 Å². The maximum atomic E-state index is 13.2. The quantitative estimate of drug-likeness (QED) is 0.664. The van der Waals surface area contributed by atoms with Gasteiger partial charge in [-0.05, 0) is 18.1 Å². The van der Waals surface area contributed by atoms with Gasteiger partial charge in [-0.25, -0.2) is 0 Å². The number of hydrogen-bond donors (Lipinski definition) is 2. The lowest BCUT2D eigenvalue weighted by atomic mass is 10.0. The number of methoxy groups -OCH3 is 1. The molecule has 1 atom stereocenters. The molecule has 1 saturated heterocycles. The molecule has 2 amide bonds.